The Hall–Kier alpha value is -1.43. The Bertz CT molecular complexity index is 533. The van der Waals surface area contributed by atoms with E-state index in [1.54, 1.807) is 0 Å². The van der Waals surface area contributed by atoms with Gasteiger partial charge in [-0.05, 0) is 51.1 Å². The Kier molecular flexibility index (Phi) is 5.30. The zero-order valence-corrected chi connectivity index (χ0v) is 14.3. The van der Waals surface area contributed by atoms with Crippen molar-refractivity contribution in [3.05, 3.63) is 11.6 Å². The Balaban J connectivity index is 1.55. The van der Waals surface area contributed by atoms with E-state index in [9.17, 15) is 4.79 Å². The van der Waals surface area contributed by atoms with Gasteiger partial charge in [-0.25, -0.2) is 9.67 Å². The second kappa shape index (κ2) is 7.43. The molecule has 23 heavy (non-hydrogen) atoms. The minimum absolute atomic E-state index is 0.0317. The number of aryl methyl sites for hydroxylation is 1. The van der Waals surface area contributed by atoms with E-state index in [-0.39, 0.29) is 11.9 Å². The van der Waals surface area contributed by atoms with Crippen molar-refractivity contribution in [3.8, 4) is 0 Å². The van der Waals surface area contributed by atoms with E-state index in [4.69, 9.17) is 0 Å². The molecular weight excluding hydrogens is 290 g/mol. The lowest BCUT2D eigenvalue weighted by atomic mass is 9.93. The zero-order valence-electron chi connectivity index (χ0n) is 14.3. The van der Waals surface area contributed by atoms with Crippen LogP contribution in [0.5, 0.6) is 0 Å². The summed E-state index contributed by atoms with van der Waals surface area (Å²) in [5, 5.41) is 11.1. The molecule has 3 rings (SSSR count). The van der Waals surface area contributed by atoms with Crippen LogP contribution in [0.1, 0.15) is 76.0 Å². The topological polar surface area (TPSA) is 71.8 Å². The highest BCUT2D eigenvalue weighted by atomic mass is 16.1. The van der Waals surface area contributed by atoms with Crippen molar-refractivity contribution in [1.29, 1.82) is 0 Å². The molecule has 3 heterocycles. The summed E-state index contributed by atoms with van der Waals surface area (Å²) in [6, 6.07) is 0.0317. The van der Waals surface area contributed by atoms with Gasteiger partial charge in [0.15, 0.2) is 5.82 Å². The number of hydrogen-bond donors (Lipinski definition) is 2. The van der Waals surface area contributed by atoms with Crippen molar-refractivity contribution >= 4 is 5.91 Å². The Labute approximate surface area is 138 Å². The summed E-state index contributed by atoms with van der Waals surface area (Å²) in [4.78, 5) is 17.0. The summed E-state index contributed by atoms with van der Waals surface area (Å²) < 4.78 is 1.98. The summed E-state index contributed by atoms with van der Waals surface area (Å²) in [6.07, 6.45) is 6.05. The maximum atomic E-state index is 12.3. The third-order valence-electron chi connectivity index (χ3n) is 4.98. The Morgan fingerprint density at radius 2 is 2.13 bits per heavy atom. The van der Waals surface area contributed by atoms with Crippen molar-refractivity contribution in [2.45, 2.75) is 70.9 Å². The molecule has 1 unspecified atom stereocenters. The zero-order chi connectivity index (χ0) is 16.2. The van der Waals surface area contributed by atoms with Crippen LogP contribution in [0.4, 0.5) is 0 Å². The molecule has 2 N–H and O–H groups in total. The van der Waals surface area contributed by atoms with Crippen molar-refractivity contribution in [2.24, 2.45) is 5.92 Å². The number of nitrogens with one attached hydrogen (secondary N) is 2. The van der Waals surface area contributed by atoms with Crippen LogP contribution in [0.3, 0.4) is 0 Å². The van der Waals surface area contributed by atoms with Gasteiger partial charge < -0.3 is 10.6 Å². The lowest BCUT2D eigenvalue weighted by Crippen LogP contribution is -2.34. The van der Waals surface area contributed by atoms with Gasteiger partial charge in [0.25, 0.3) is 0 Å². The summed E-state index contributed by atoms with van der Waals surface area (Å²) in [6.45, 7) is 7.31. The van der Waals surface area contributed by atoms with Crippen molar-refractivity contribution in [1.82, 2.24) is 25.4 Å². The number of aromatic nitrogens is 3. The van der Waals surface area contributed by atoms with Crippen LogP contribution >= 0.6 is 0 Å². The maximum Gasteiger partial charge on any atom is 0.220 e. The minimum Gasteiger partial charge on any atom is -0.346 e. The summed E-state index contributed by atoms with van der Waals surface area (Å²) in [7, 11) is 0. The lowest BCUT2D eigenvalue weighted by Gasteiger charge is -2.24. The third-order valence-corrected chi connectivity index (χ3v) is 4.98. The smallest absolute Gasteiger partial charge is 0.220 e. The minimum atomic E-state index is 0.0317. The van der Waals surface area contributed by atoms with Gasteiger partial charge in [0.2, 0.25) is 5.91 Å². The molecule has 128 valence electrons. The number of rotatable bonds is 5. The highest BCUT2D eigenvalue weighted by Crippen LogP contribution is 2.25. The van der Waals surface area contributed by atoms with E-state index < -0.39 is 0 Å². The number of carbonyl (C=O) groups is 1. The second-order valence-electron chi connectivity index (χ2n) is 7.20. The number of nitrogens with zero attached hydrogens (tertiary/aromatic N) is 3. The third kappa shape index (κ3) is 4.10. The first kappa shape index (κ1) is 16.4. The average Bonchev–Trinajstić information content (AvgIpc) is 3.00. The molecule has 1 saturated heterocycles. The molecule has 0 spiro atoms. The van der Waals surface area contributed by atoms with Gasteiger partial charge in [0.05, 0.1) is 6.04 Å². The Morgan fingerprint density at radius 3 is 2.87 bits per heavy atom. The Morgan fingerprint density at radius 1 is 1.35 bits per heavy atom. The molecule has 0 aromatic carbocycles. The molecular formula is C17H29N5O. The average molecular weight is 319 g/mol. The quantitative estimate of drug-likeness (QED) is 0.872. The van der Waals surface area contributed by atoms with Gasteiger partial charge in [0.1, 0.15) is 5.82 Å². The molecule has 1 atom stereocenters. The fourth-order valence-corrected chi connectivity index (χ4v) is 3.52. The summed E-state index contributed by atoms with van der Waals surface area (Å²) in [5.74, 6) is 3.01. The highest BCUT2D eigenvalue weighted by Gasteiger charge is 2.26. The SMILES string of the molecule is CC(C)c1nc2n(n1)CCCC2NC(=O)CCC1CCNCC1. The molecule has 0 bridgehead atoms. The predicted molar refractivity (Wildman–Crippen MR) is 89.1 cm³/mol. The first-order valence-corrected chi connectivity index (χ1v) is 9.08. The van der Waals surface area contributed by atoms with Crippen LogP contribution in [0, 0.1) is 5.92 Å². The first-order valence-electron chi connectivity index (χ1n) is 9.08. The number of amides is 1. The summed E-state index contributed by atoms with van der Waals surface area (Å²) >= 11 is 0. The maximum absolute atomic E-state index is 12.3. The fraction of sp³-hybridized carbons (Fsp3) is 0.824. The van der Waals surface area contributed by atoms with Gasteiger partial charge in [-0.3, -0.25) is 4.79 Å². The summed E-state index contributed by atoms with van der Waals surface area (Å²) in [5.41, 5.74) is 0. The van der Waals surface area contributed by atoms with Crippen molar-refractivity contribution in [3.63, 3.8) is 0 Å². The van der Waals surface area contributed by atoms with E-state index in [0.717, 1.165) is 50.5 Å². The van der Waals surface area contributed by atoms with E-state index in [1.807, 2.05) is 4.68 Å². The van der Waals surface area contributed by atoms with Crippen LogP contribution in [-0.2, 0) is 11.3 Å². The normalized spacial score (nSPS) is 22.1. The monoisotopic (exact) mass is 319 g/mol. The fourth-order valence-electron chi connectivity index (χ4n) is 3.52. The molecule has 0 radical (unpaired) electrons. The van der Waals surface area contributed by atoms with Crippen molar-refractivity contribution < 1.29 is 4.79 Å². The lowest BCUT2D eigenvalue weighted by molar-refractivity contribution is -0.122. The second-order valence-corrected chi connectivity index (χ2v) is 7.20. The largest absolute Gasteiger partial charge is 0.346 e. The van der Waals surface area contributed by atoms with Gasteiger partial charge in [-0.2, -0.15) is 5.10 Å². The van der Waals surface area contributed by atoms with E-state index in [0.29, 0.717) is 18.3 Å². The van der Waals surface area contributed by atoms with Gasteiger partial charge in [0, 0.05) is 18.9 Å². The number of carbonyl (C=O) groups excluding carboxylic acids is 1. The number of hydrogen-bond acceptors (Lipinski definition) is 4. The number of piperidine rings is 1. The van der Waals surface area contributed by atoms with Gasteiger partial charge in [-0.1, -0.05) is 13.8 Å². The van der Waals surface area contributed by atoms with E-state index in [1.165, 1.54) is 12.8 Å². The van der Waals surface area contributed by atoms with Crippen LogP contribution in [0.15, 0.2) is 0 Å². The highest BCUT2D eigenvalue weighted by molar-refractivity contribution is 5.76. The molecule has 0 aliphatic carbocycles. The molecule has 2 aliphatic heterocycles. The predicted octanol–water partition coefficient (Wildman–Crippen LogP) is 2.13. The van der Waals surface area contributed by atoms with Crippen LogP contribution in [-0.4, -0.2) is 33.8 Å². The molecule has 1 amide bonds. The molecule has 1 aromatic rings. The molecule has 0 saturated carbocycles. The van der Waals surface area contributed by atoms with Crippen molar-refractivity contribution in [2.75, 3.05) is 13.1 Å². The standard InChI is InChI=1S/C17H29N5O/c1-12(2)16-20-17-14(4-3-11-22(17)21-16)19-15(23)6-5-13-7-9-18-10-8-13/h12-14,18H,3-11H2,1-2H3,(H,19,23). The molecule has 2 aliphatic rings. The molecule has 1 fully saturated rings. The van der Waals surface area contributed by atoms with Crippen LogP contribution < -0.4 is 10.6 Å². The molecule has 6 heteroatoms. The first-order chi connectivity index (χ1) is 11.1. The van der Waals surface area contributed by atoms with E-state index in [2.05, 4.69) is 34.6 Å². The van der Waals surface area contributed by atoms with Gasteiger partial charge in [-0.15, -0.1) is 0 Å². The van der Waals surface area contributed by atoms with Crippen LogP contribution in [0.25, 0.3) is 0 Å². The molecule has 1 aromatic heterocycles. The van der Waals surface area contributed by atoms with Crippen LogP contribution in [0.2, 0.25) is 0 Å². The number of fused-ring (bicyclic) bond motifs is 1. The van der Waals surface area contributed by atoms with Gasteiger partial charge >= 0.3 is 0 Å². The van der Waals surface area contributed by atoms with E-state index >= 15 is 0 Å². The molecule has 6 nitrogen and oxygen atoms in total.